The molecule has 0 radical (unpaired) electrons. The maximum atomic E-state index is 10.0. The number of nitrogens with one attached hydrogen (secondary N) is 2. The number of guanidine groups is 1. The van der Waals surface area contributed by atoms with Crippen LogP contribution >= 0.6 is 15.9 Å². The lowest BCUT2D eigenvalue weighted by atomic mass is 10.2. The fourth-order valence-electron chi connectivity index (χ4n) is 3.16. The number of aromatic hydroxyl groups is 1. The SMILES string of the molecule is CN=C(NCc1cc(OC)ccc1O)NC1CCN(c2ccc(Br)cc2)C1. The molecule has 144 valence electrons. The number of nitrogens with zero attached hydrogens (tertiary/aromatic N) is 2. The topological polar surface area (TPSA) is 69.1 Å². The molecule has 2 aromatic rings. The van der Waals surface area contributed by atoms with E-state index in [1.165, 1.54) is 5.69 Å². The van der Waals surface area contributed by atoms with Gasteiger partial charge in [0.1, 0.15) is 11.5 Å². The van der Waals surface area contributed by atoms with Gasteiger partial charge in [-0.25, -0.2) is 0 Å². The highest BCUT2D eigenvalue weighted by atomic mass is 79.9. The van der Waals surface area contributed by atoms with Gasteiger partial charge < -0.3 is 25.4 Å². The summed E-state index contributed by atoms with van der Waals surface area (Å²) in [7, 11) is 3.36. The summed E-state index contributed by atoms with van der Waals surface area (Å²) in [6, 6.07) is 13.9. The van der Waals surface area contributed by atoms with Crippen LogP contribution in [0.3, 0.4) is 0 Å². The molecule has 0 bridgehead atoms. The van der Waals surface area contributed by atoms with Crippen molar-refractivity contribution < 1.29 is 9.84 Å². The van der Waals surface area contributed by atoms with Gasteiger partial charge in [0.05, 0.1) is 7.11 Å². The lowest BCUT2D eigenvalue weighted by Gasteiger charge is -2.20. The summed E-state index contributed by atoms with van der Waals surface area (Å²) >= 11 is 3.48. The van der Waals surface area contributed by atoms with Gasteiger partial charge in [0.15, 0.2) is 5.96 Å². The maximum absolute atomic E-state index is 10.0. The third-order valence-corrected chi connectivity index (χ3v) is 5.21. The molecule has 1 atom stereocenters. The average Bonchev–Trinajstić information content (AvgIpc) is 3.15. The molecule has 0 spiro atoms. The number of benzene rings is 2. The molecule has 7 heteroatoms. The Morgan fingerprint density at radius 1 is 1.30 bits per heavy atom. The van der Waals surface area contributed by atoms with Gasteiger partial charge in [-0.15, -0.1) is 0 Å². The van der Waals surface area contributed by atoms with Crippen molar-refractivity contribution in [1.29, 1.82) is 0 Å². The van der Waals surface area contributed by atoms with E-state index < -0.39 is 0 Å². The lowest BCUT2D eigenvalue weighted by molar-refractivity contribution is 0.410. The summed E-state index contributed by atoms with van der Waals surface area (Å²) in [5.74, 6) is 1.68. The summed E-state index contributed by atoms with van der Waals surface area (Å²) in [6.07, 6.45) is 1.04. The van der Waals surface area contributed by atoms with Gasteiger partial charge in [0, 0.05) is 48.4 Å². The second kappa shape index (κ2) is 8.99. The third kappa shape index (κ3) is 5.07. The van der Waals surface area contributed by atoms with Crippen LogP contribution in [0.5, 0.6) is 11.5 Å². The van der Waals surface area contributed by atoms with Crippen molar-refractivity contribution in [3.8, 4) is 11.5 Å². The Bertz CT molecular complexity index is 795. The van der Waals surface area contributed by atoms with Crippen LogP contribution < -0.4 is 20.3 Å². The van der Waals surface area contributed by atoms with E-state index in [2.05, 4.69) is 60.7 Å². The number of hydrogen-bond acceptors (Lipinski definition) is 4. The monoisotopic (exact) mass is 432 g/mol. The fourth-order valence-corrected chi connectivity index (χ4v) is 3.43. The van der Waals surface area contributed by atoms with E-state index in [1.807, 2.05) is 6.07 Å². The van der Waals surface area contributed by atoms with E-state index in [0.717, 1.165) is 35.5 Å². The average molecular weight is 433 g/mol. The van der Waals surface area contributed by atoms with Crippen LogP contribution in [0.1, 0.15) is 12.0 Å². The number of halogens is 1. The molecule has 1 heterocycles. The Balaban J connectivity index is 1.54. The standard InChI is InChI=1S/C20H25BrN4O2/c1-22-20(23-12-14-11-18(27-2)7-8-19(14)26)24-16-9-10-25(13-16)17-5-3-15(21)4-6-17/h3-8,11,16,26H,9-10,12-13H2,1-2H3,(H2,22,23,24). The summed E-state index contributed by atoms with van der Waals surface area (Å²) in [5.41, 5.74) is 1.99. The van der Waals surface area contributed by atoms with Crippen molar-refractivity contribution in [3.63, 3.8) is 0 Å². The number of hydrogen-bond donors (Lipinski definition) is 3. The zero-order chi connectivity index (χ0) is 19.2. The maximum Gasteiger partial charge on any atom is 0.191 e. The Kier molecular flexibility index (Phi) is 6.45. The van der Waals surface area contributed by atoms with Crippen molar-refractivity contribution in [2.45, 2.75) is 19.0 Å². The highest BCUT2D eigenvalue weighted by Gasteiger charge is 2.23. The van der Waals surface area contributed by atoms with Crippen LogP contribution in [0.25, 0.3) is 0 Å². The van der Waals surface area contributed by atoms with Gasteiger partial charge in [-0.05, 0) is 48.9 Å². The molecule has 1 aliphatic rings. The van der Waals surface area contributed by atoms with Crippen LogP contribution in [0, 0.1) is 0 Å². The summed E-state index contributed by atoms with van der Waals surface area (Å²) in [5, 5.41) is 16.8. The minimum absolute atomic E-state index is 0.237. The van der Waals surface area contributed by atoms with Crippen molar-refractivity contribution in [2.24, 2.45) is 4.99 Å². The molecule has 1 aliphatic heterocycles. The zero-order valence-electron chi connectivity index (χ0n) is 15.6. The molecule has 6 nitrogen and oxygen atoms in total. The normalized spacial score (nSPS) is 17.1. The largest absolute Gasteiger partial charge is 0.508 e. The lowest BCUT2D eigenvalue weighted by Crippen LogP contribution is -2.44. The summed E-state index contributed by atoms with van der Waals surface area (Å²) < 4.78 is 6.31. The Labute approximate surface area is 168 Å². The van der Waals surface area contributed by atoms with E-state index in [0.29, 0.717) is 18.3 Å². The number of methoxy groups -OCH3 is 1. The molecular weight excluding hydrogens is 408 g/mol. The van der Waals surface area contributed by atoms with E-state index in [9.17, 15) is 5.11 Å². The minimum Gasteiger partial charge on any atom is -0.508 e. The van der Waals surface area contributed by atoms with Gasteiger partial charge >= 0.3 is 0 Å². The molecule has 3 rings (SSSR count). The molecule has 0 aromatic heterocycles. The second-order valence-electron chi connectivity index (χ2n) is 6.47. The number of phenols is 1. The first kappa shape index (κ1) is 19.4. The van der Waals surface area contributed by atoms with Gasteiger partial charge in [-0.2, -0.15) is 0 Å². The second-order valence-corrected chi connectivity index (χ2v) is 7.39. The van der Waals surface area contributed by atoms with Crippen molar-refractivity contribution in [3.05, 3.63) is 52.5 Å². The zero-order valence-corrected chi connectivity index (χ0v) is 17.2. The molecule has 1 unspecified atom stereocenters. The molecule has 3 N–H and O–H groups in total. The molecule has 1 saturated heterocycles. The van der Waals surface area contributed by atoms with Gasteiger partial charge in [0.2, 0.25) is 0 Å². The highest BCUT2D eigenvalue weighted by molar-refractivity contribution is 9.10. The van der Waals surface area contributed by atoms with E-state index >= 15 is 0 Å². The van der Waals surface area contributed by atoms with Crippen molar-refractivity contribution in [1.82, 2.24) is 10.6 Å². The first-order valence-corrected chi connectivity index (χ1v) is 9.72. The van der Waals surface area contributed by atoms with Crippen molar-refractivity contribution in [2.75, 3.05) is 32.1 Å². The van der Waals surface area contributed by atoms with Crippen LogP contribution in [0.2, 0.25) is 0 Å². The van der Waals surface area contributed by atoms with Gasteiger partial charge in [-0.1, -0.05) is 15.9 Å². The number of aliphatic imine (C=N–C) groups is 1. The first-order chi connectivity index (χ1) is 13.1. The number of anilines is 1. The molecule has 0 saturated carbocycles. The number of rotatable bonds is 5. The molecule has 27 heavy (non-hydrogen) atoms. The van der Waals surface area contributed by atoms with Crippen LogP contribution in [0.4, 0.5) is 5.69 Å². The predicted molar refractivity (Wildman–Crippen MR) is 113 cm³/mol. The van der Waals surface area contributed by atoms with Crippen molar-refractivity contribution >= 4 is 27.6 Å². The molecule has 0 amide bonds. The van der Waals surface area contributed by atoms with E-state index in [1.54, 1.807) is 26.3 Å². The smallest absolute Gasteiger partial charge is 0.191 e. The Morgan fingerprint density at radius 3 is 2.78 bits per heavy atom. The van der Waals surface area contributed by atoms with Crippen LogP contribution in [-0.4, -0.2) is 44.4 Å². The van der Waals surface area contributed by atoms with Crippen LogP contribution in [0.15, 0.2) is 51.9 Å². The van der Waals surface area contributed by atoms with Gasteiger partial charge in [-0.3, -0.25) is 4.99 Å². The number of ether oxygens (including phenoxy) is 1. The molecule has 1 fully saturated rings. The predicted octanol–water partition coefficient (Wildman–Crippen LogP) is 3.11. The number of phenolic OH excluding ortho intramolecular Hbond substituents is 1. The molecular formula is C20H25BrN4O2. The molecule has 0 aliphatic carbocycles. The van der Waals surface area contributed by atoms with Crippen LogP contribution in [-0.2, 0) is 6.54 Å². The fraction of sp³-hybridized carbons (Fsp3) is 0.350. The highest BCUT2D eigenvalue weighted by Crippen LogP contribution is 2.23. The van der Waals surface area contributed by atoms with E-state index in [-0.39, 0.29) is 5.75 Å². The third-order valence-electron chi connectivity index (χ3n) is 4.68. The van der Waals surface area contributed by atoms with E-state index in [4.69, 9.17) is 4.74 Å². The minimum atomic E-state index is 0.237. The Hall–Kier alpha value is -2.41. The Morgan fingerprint density at radius 2 is 2.07 bits per heavy atom. The summed E-state index contributed by atoms with van der Waals surface area (Å²) in [4.78, 5) is 6.67. The quantitative estimate of drug-likeness (QED) is 0.500. The first-order valence-electron chi connectivity index (χ1n) is 8.92. The summed E-state index contributed by atoms with van der Waals surface area (Å²) in [6.45, 7) is 2.39. The molecule has 2 aromatic carbocycles. The van der Waals surface area contributed by atoms with Gasteiger partial charge in [0.25, 0.3) is 0 Å².